The van der Waals surface area contributed by atoms with Gasteiger partial charge in [-0.3, -0.25) is 0 Å². The Kier molecular flexibility index (Phi) is 5.00. The molecule has 1 N–H and O–H groups in total. The minimum absolute atomic E-state index is 0.991. The van der Waals surface area contributed by atoms with Crippen LogP contribution in [0.5, 0.6) is 0 Å². The van der Waals surface area contributed by atoms with E-state index < -0.39 is 0 Å². The van der Waals surface area contributed by atoms with E-state index in [0.29, 0.717) is 0 Å². The fraction of sp³-hybridized carbons (Fsp3) is 0.647. The van der Waals surface area contributed by atoms with E-state index in [1.807, 2.05) is 0 Å². The van der Waals surface area contributed by atoms with E-state index in [-0.39, 0.29) is 0 Å². The quantitative estimate of drug-likeness (QED) is 0.877. The van der Waals surface area contributed by atoms with E-state index in [9.17, 15) is 0 Å². The van der Waals surface area contributed by atoms with Crippen molar-refractivity contribution in [3.8, 4) is 0 Å². The number of nitrogens with zero attached hydrogens (tertiary/aromatic N) is 1. The molecular weight excluding hydrogens is 312 g/mol. The largest absolute Gasteiger partial charge is 0.384 e. The number of anilines is 1. The van der Waals surface area contributed by atoms with Gasteiger partial charge in [-0.15, -0.1) is 0 Å². The number of likely N-dealkylation sites (tertiary alicyclic amines) is 1. The van der Waals surface area contributed by atoms with Crippen LogP contribution in [0.15, 0.2) is 28.7 Å². The highest BCUT2D eigenvalue weighted by molar-refractivity contribution is 9.10. The molecule has 0 bridgehead atoms. The summed E-state index contributed by atoms with van der Waals surface area (Å²) in [6, 6.07) is 8.46. The van der Waals surface area contributed by atoms with Gasteiger partial charge in [-0.25, -0.2) is 0 Å². The van der Waals surface area contributed by atoms with Crippen LogP contribution in [-0.2, 0) is 0 Å². The van der Waals surface area contributed by atoms with Crippen LogP contribution in [0.3, 0.4) is 0 Å². The number of nitrogens with one attached hydrogen (secondary N) is 1. The third kappa shape index (κ3) is 3.76. The lowest BCUT2D eigenvalue weighted by Crippen LogP contribution is -2.43. The Bertz CT molecular complexity index is 418. The van der Waals surface area contributed by atoms with Crippen LogP contribution in [0, 0.1) is 11.8 Å². The van der Waals surface area contributed by atoms with Crippen LogP contribution in [-0.4, -0.2) is 31.1 Å². The lowest BCUT2D eigenvalue weighted by atomic mass is 9.75. The Morgan fingerprint density at radius 1 is 1.05 bits per heavy atom. The van der Waals surface area contributed by atoms with Gasteiger partial charge in [0, 0.05) is 29.8 Å². The van der Waals surface area contributed by atoms with Gasteiger partial charge >= 0.3 is 0 Å². The second-order valence-corrected chi connectivity index (χ2v) is 7.24. The molecular formula is C17H25BrN2. The fourth-order valence-electron chi connectivity index (χ4n) is 3.81. The van der Waals surface area contributed by atoms with Gasteiger partial charge in [0.1, 0.15) is 0 Å². The molecule has 1 aromatic carbocycles. The van der Waals surface area contributed by atoms with Crippen LogP contribution in [0.4, 0.5) is 5.69 Å². The second kappa shape index (κ2) is 6.95. The van der Waals surface area contributed by atoms with Crippen molar-refractivity contribution in [3.63, 3.8) is 0 Å². The molecule has 0 aromatic heterocycles. The van der Waals surface area contributed by atoms with Crippen LogP contribution in [0.2, 0.25) is 0 Å². The summed E-state index contributed by atoms with van der Waals surface area (Å²) in [5, 5.41) is 3.53. The Balaban J connectivity index is 1.41. The zero-order valence-electron chi connectivity index (χ0n) is 12.2. The highest BCUT2D eigenvalue weighted by atomic mass is 79.9. The highest BCUT2D eigenvalue weighted by Crippen LogP contribution is 2.35. The molecule has 2 aliphatic rings. The van der Waals surface area contributed by atoms with Gasteiger partial charge < -0.3 is 10.2 Å². The summed E-state index contributed by atoms with van der Waals surface area (Å²) < 4.78 is 1.14. The molecule has 1 saturated heterocycles. The Hall–Kier alpha value is -0.540. The van der Waals surface area contributed by atoms with Crippen molar-refractivity contribution in [1.29, 1.82) is 0 Å². The molecule has 0 amide bonds. The molecule has 110 valence electrons. The molecule has 3 heteroatoms. The molecule has 1 aliphatic heterocycles. The second-order valence-electron chi connectivity index (χ2n) is 6.33. The average molecular weight is 337 g/mol. The van der Waals surface area contributed by atoms with Crippen molar-refractivity contribution in [3.05, 3.63) is 28.7 Å². The molecule has 1 aliphatic carbocycles. The summed E-state index contributed by atoms with van der Waals surface area (Å²) in [6.45, 7) is 4.88. The Morgan fingerprint density at radius 2 is 1.80 bits per heavy atom. The minimum Gasteiger partial charge on any atom is -0.384 e. The van der Waals surface area contributed by atoms with E-state index in [2.05, 4.69) is 50.4 Å². The van der Waals surface area contributed by atoms with E-state index in [0.717, 1.165) is 22.9 Å². The van der Waals surface area contributed by atoms with Crippen LogP contribution < -0.4 is 5.32 Å². The highest BCUT2D eigenvalue weighted by Gasteiger charge is 2.30. The number of halogens is 1. The average Bonchev–Trinajstić information content (AvgIpc) is 2.49. The fourth-order valence-corrected chi connectivity index (χ4v) is 4.07. The third-order valence-electron chi connectivity index (χ3n) is 4.98. The summed E-state index contributed by atoms with van der Waals surface area (Å²) in [7, 11) is 0. The maximum Gasteiger partial charge on any atom is 0.0341 e. The summed E-state index contributed by atoms with van der Waals surface area (Å²) >= 11 is 3.47. The lowest BCUT2D eigenvalue weighted by Gasteiger charge is -2.41. The Labute approximate surface area is 131 Å². The topological polar surface area (TPSA) is 15.3 Å². The number of rotatable bonds is 4. The van der Waals surface area contributed by atoms with Crippen molar-refractivity contribution in [1.82, 2.24) is 4.90 Å². The zero-order chi connectivity index (χ0) is 13.8. The van der Waals surface area contributed by atoms with E-state index in [1.165, 1.54) is 57.4 Å². The first-order chi connectivity index (χ1) is 9.81. The van der Waals surface area contributed by atoms with E-state index in [4.69, 9.17) is 0 Å². The van der Waals surface area contributed by atoms with E-state index >= 15 is 0 Å². The van der Waals surface area contributed by atoms with Crippen molar-refractivity contribution < 1.29 is 0 Å². The van der Waals surface area contributed by atoms with Crippen molar-refractivity contribution in [2.45, 2.75) is 32.1 Å². The molecule has 1 heterocycles. The van der Waals surface area contributed by atoms with Gasteiger partial charge in [0.25, 0.3) is 0 Å². The summed E-state index contributed by atoms with van der Waals surface area (Å²) in [6.07, 6.45) is 7.35. The molecule has 1 aromatic rings. The van der Waals surface area contributed by atoms with Gasteiger partial charge in [0.15, 0.2) is 0 Å². The SMILES string of the molecule is Brc1ccc(NCCN2CCC3CCCCC3C2)cc1. The molecule has 20 heavy (non-hydrogen) atoms. The van der Waals surface area contributed by atoms with Crippen molar-refractivity contribution >= 4 is 21.6 Å². The zero-order valence-corrected chi connectivity index (χ0v) is 13.7. The van der Waals surface area contributed by atoms with Gasteiger partial charge in [-0.05, 0) is 55.5 Å². The van der Waals surface area contributed by atoms with Crippen LogP contribution in [0.1, 0.15) is 32.1 Å². The first kappa shape index (κ1) is 14.4. The number of benzene rings is 1. The van der Waals surface area contributed by atoms with Crippen molar-refractivity contribution in [2.24, 2.45) is 11.8 Å². The predicted octanol–water partition coefficient (Wildman–Crippen LogP) is 4.37. The number of hydrogen-bond donors (Lipinski definition) is 1. The normalized spacial score (nSPS) is 27.1. The lowest BCUT2D eigenvalue weighted by molar-refractivity contribution is 0.0898. The summed E-state index contributed by atoms with van der Waals surface area (Å²) in [4.78, 5) is 2.67. The first-order valence-corrected chi connectivity index (χ1v) is 8.82. The summed E-state index contributed by atoms with van der Waals surface area (Å²) in [5.74, 6) is 2.03. The van der Waals surface area contributed by atoms with Gasteiger partial charge in [0.05, 0.1) is 0 Å². The number of piperidine rings is 1. The molecule has 2 unspecified atom stereocenters. The number of fused-ring (bicyclic) bond motifs is 1. The Morgan fingerprint density at radius 3 is 2.60 bits per heavy atom. The van der Waals surface area contributed by atoms with Gasteiger partial charge in [-0.1, -0.05) is 35.2 Å². The maximum absolute atomic E-state index is 3.53. The smallest absolute Gasteiger partial charge is 0.0341 e. The van der Waals surface area contributed by atoms with E-state index in [1.54, 1.807) is 0 Å². The monoisotopic (exact) mass is 336 g/mol. The molecule has 1 saturated carbocycles. The van der Waals surface area contributed by atoms with Crippen LogP contribution >= 0.6 is 15.9 Å². The number of hydrogen-bond acceptors (Lipinski definition) is 2. The molecule has 2 fully saturated rings. The molecule has 0 radical (unpaired) electrons. The first-order valence-electron chi connectivity index (χ1n) is 8.03. The van der Waals surface area contributed by atoms with Gasteiger partial charge in [0.2, 0.25) is 0 Å². The standard InChI is InChI=1S/C17H25BrN2/c18-16-5-7-17(8-6-16)19-10-12-20-11-9-14-3-1-2-4-15(14)13-20/h5-8,14-15,19H,1-4,9-13H2. The molecule has 2 atom stereocenters. The minimum atomic E-state index is 0.991. The van der Waals surface area contributed by atoms with Crippen LogP contribution in [0.25, 0.3) is 0 Å². The van der Waals surface area contributed by atoms with Gasteiger partial charge in [-0.2, -0.15) is 0 Å². The maximum atomic E-state index is 3.53. The summed E-state index contributed by atoms with van der Waals surface area (Å²) in [5.41, 5.74) is 1.22. The molecule has 2 nitrogen and oxygen atoms in total. The molecule has 0 spiro atoms. The molecule has 3 rings (SSSR count). The van der Waals surface area contributed by atoms with Crippen molar-refractivity contribution in [2.75, 3.05) is 31.5 Å². The predicted molar refractivity (Wildman–Crippen MR) is 89.1 cm³/mol. The third-order valence-corrected chi connectivity index (χ3v) is 5.51.